The van der Waals surface area contributed by atoms with Crippen LogP contribution in [0.1, 0.15) is 55.2 Å². The molecule has 3 aromatic carbocycles. The molecule has 1 fully saturated rings. The van der Waals surface area contributed by atoms with Crippen LogP contribution in [0.5, 0.6) is 0 Å². The molecule has 0 heterocycles. The summed E-state index contributed by atoms with van der Waals surface area (Å²) in [5, 5.41) is 2.38. The van der Waals surface area contributed by atoms with Crippen LogP contribution < -0.4 is 5.32 Å². The van der Waals surface area contributed by atoms with Gasteiger partial charge in [-0.05, 0) is 47.1 Å². The minimum absolute atomic E-state index is 0.0282. The largest absolute Gasteiger partial charge is 0.322 e. The molecule has 1 N–H and O–H groups in total. The predicted molar refractivity (Wildman–Crippen MR) is 127 cm³/mol. The molecule has 2 aliphatic rings. The molecule has 0 saturated heterocycles. The van der Waals surface area contributed by atoms with Gasteiger partial charge in [0.05, 0.1) is 0 Å². The predicted octanol–water partition coefficient (Wildman–Crippen LogP) is 7.43. The van der Waals surface area contributed by atoms with Crippen LogP contribution in [0.3, 0.4) is 0 Å². The van der Waals surface area contributed by atoms with Crippen LogP contribution in [-0.4, -0.2) is 17.0 Å². The van der Waals surface area contributed by atoms with E-state index in [9.17, 15) is 18.0 Å². The van der Waals surface area contributed by atoms with Crippen LogP contribution >= 0.6 is 0 Å². The van der Waals surface area contributed by atoms with Crippen molar-refractivity contribution in [2.45, 2.75) is 57.5 Å². The van der Waals surface area contributed by atoms with Crippen molar-refractivity contribution in [3.8, 4) is 11.1 Å². The number of carbonyl (C=O) groups is 1. The molecule has 0 aromatic heterocycles. The van der Waals surface area contributed by atoms with Gasteiger partial charge in [-0.3, -0.25) is 0 Å². The third kappa shape index (κ3) is 4.54. The minimum atomic E-state index is -1.12. The van der Waals surface area contributed by atoms with Crippen LogP contribution in [0.4, 0.5) is 23.7 Å². The molecular formula is C28H27F3N2O. The molecule has 0 aliphatic heterocycles. The summed E-state index contributed by atoms with van der Waals surface area (Å²) in [5.74, 6) is -3.27. The van der Waals surface area contributed by atoms with Gasteiger partial charge in [0.1, 0.15) is 11.5 Å². The number of halogens is 3. The Hall–Kier alpha value is -3.28. The summed E-state index contributed by atoms with van der Waals surface area (Å²) in [6.07, 6.45) is 6.78. The highest BCUT2D eigenvalue weighted by Crippen LogP contribution is 2.37. The van der Waals surface area contributed by atoms with Gasteiger partial charge >= 0.3 is 6.03 Å². The third-order valence-corrected chi connectivity index (χ3v) is 6.98. The number of hydrogen-bond acceptors (Lipinski definition) is 1. The molecule has 2 aliphatic carbocycles. The summed E-state index contributed by atoms with van der Waals surface area (Å²) in [7, 11) is 0. The van der Waals surface area contributed by atoms with Crippen molar-refractivity contribution in [1.29, 1.82) is 0 Å². The van der Waals surface area contributed by atoms with Crippen molar-refractivity contribution in [1.82, 2.24) is 4.90 Å². The van der Waals surface area contributed by atoms with Crippen LogP contribution in [0.25, 0.3) is 11.1 Å². The Bertz CT molecular complexity index is 1200. The van der Waals surface area contributed by atoms with Gasteiger partial charge in [-0.25, -0.2) is 18.0 Å². The maximum absolute atomic E-state index is 14.2. The first kappa shape index (κ1) is 22.5. The Labute approximate surface area is 197 Å². The van der Waals surface area contributed by atoms with Gasteiger partial charge < -0.3 is 10.2 Å². The Morgan fingerprint density at radius 3 is 2.26 bits per heavy atom. The molecule has 3 aromatic rings. The van der Waals surface area contributed by atoms with Crippen LogP contribution in [0.15, 0.2) is 54.6 Å². The molecule has 0 atom stereocenters. The van der Waals surface area contributed by atoms with E-state index in [2.05, 4.69) is 29.6 Å². The fraction of sp³-hybridized carbons (Fsp3) is 0.321. The van der Waals surface area contributed by atoms with Gasteiger partial charge in [-0.2, -0.15) is 0 Å². The molecule has 6 heteroatoms. The maximum atomic E-state index is 14.2. The van der Waals surface area contributed by atoms with E-state index < -0.39 is 29.2 Å². The molecule has 0 bridgehead atoms. The van der Waals surface area contributed by atoms with E-state index in [0.29, 0.717) is 18.7 Å². The molecule has 0 unspecified atom stereocenters. The highest BCUT2D eigenvalue weighted by Gasteiger charge is 2.27. The lowest BCUT2D eigenvalue weighted by atomic mass is 10.0. The third-order valence-electron chi connectivity index (χ3n) is 6.98. The smallest absolute Gasteiger partial charge is 0.317 e. The fourth-order valence-electron chi connectivity index (χ4n) is 5.27. The molecule has 3 nitrogen and oxygen atoms in total. The van der Waals surface area contributed by atoms with E-state index in [1.807, 2.05) is 18.2 Å². The first-order chi connectivity index (χ1) is 16.5. The first-order valence-corrected chi connectivity index (χ1v) is 11.9. The van der Waals surface area contributed by atoms with E-state index in [1.54, 1.807) is 4.90 Å². The van der Waals surface area contributed by atoms with Crippen molar-refractivity contribution in [2.24, 2.45) is 0 Å². The quantitative estimate of drug-likeness (QED) is 0.313. The standard InChI is InChI=1S/C28H27F3N2O/c29-21-15-25(30)27(26(31)16-21)32-28(34)33(22-8-3-1-2-4-9-22)17-18-11-12-24-20(13-18)14-19-7-5-6-10-23(19)24/h5-7,10-13,15-16,22H,1-4,8-9,14,17H2,(H,32,34). The van der Waals surface area contributed by atoms with E-state index >= 15 is 0 Å². The Balaban J connectivity index is 1.42. The summed E-state index contributed by atoms with van der Waals surface area (Å²) < 4.78 is 41.8. The maximum Gasteiger partial charge on any atom is 0.322 e. The van der Waals surface area contributed by atoms with Gasteiger partial charge in [-0.15, -0.1) is 0 Å². The first-order valence-electron chi connectivity index (χ1n) is 11.9. The summed E-state index contributed by atoms with van der Waals surface area (Å²) >= 11 is 0. The van der Waals surface area contributed by atoms with Gasteiger partial charge in [0.25, 0.3) is 0 Å². The van der Waals surface area contributed by atoms with E-state index in [1.165, 1.54) is 22.3 Å². The second-order valence-corrected chi connectivity index (χ2v) is 9.27. The average Bonchev–Trinajstić information content (AvgIpc) is 2.97. The second-order valence-electron chi connectivity index (χ2n) is 9.27. The number of benzene rings is 3. The summed E-state index contributed by atoms with van der Waals surface area (Å²) in [5.41, 5.74) is 5.32. The zero-order valence-electron chi connectivity index (χ0n) is 18.9. The lowest BCUT2D eigenvalue weighted by Crippen LogP contribution is -2.42. The van der Waals surface area contributed by atoms with Gasteiger partial charge in [0, 0.05) is 24.7 Å². The van der Waals surface area contributed by atoms with Gasteiger partial charge in [-0.1, -0.05) is 68.1 Å². The van der Waals surface area contributed by atoms with Crippen LogP contribution in [-0.2, 0) is 13.0 Å². The number of amides is 2. The van der Waals surface area contributed by atoms with Crippen molar-refractivity contribution in [3.63, 3.8) is 0 Å². The van der Waals surface area contributed by atoms with E-state index in [0.717, 1.165) is 50.5 Å². The molecule has 176 valence electrons. The zero-order valence-corrected chi connectivity index (χ0v) is 18.9. The minimum Gasteiger partial charge on any atom is -0.317 e. The summed E-state index contributed by atoms with van der Waals surface area (Å²) in [4.78, 5) is 15.0. The Morgan fingerprint density at radius 2 is 1.53 bits per heavy atom. The van der Waals surface area contributed by atoms with E-state index in [4.69, 9.17) is 0 Å². The molecule has 2 amide bonds. The number of carbonyl (C=O) groups excluding carboxylic acids is 1. The lowest BCUT2D eigenvalue weighted by Gasteiger charge is -2.32. The number of rotatable bonds is 4. The Morgan fingerprint density at radius 1 is 0.853 bits per heavy atom. The van der Waals surface area contributed by atoms with Gasteiger partial charge in [0.15, 0.2) is 11.6 Å². The number of nitrogens with zero attached hydrogens (tertiary/aromatic N) is 1. The van der Waals surface area contributed by atoms with Gasteiger partial charge in [0.2, 0.25) is 0 Å². The number of hydrogen-bond donors (Lipinski definition) is 1. The summed E-state index contributed by atoms with van der Waals surface area (Å²) in [6.45, 7) is 0.338. The molecule has 5 rings (SSSR count). The molecule has 0 radical (unpaired) electrons. The molecule has 1 saturated carbocycles. The van der Waals surface area contributed by atoms with Crippen molar-refractivity contribution in [2.75, 3.05) is 5.32 Å². The van der Waals surface area contributed by atoms with Crippen LogP contribution in [0, 0.1) is 17.5 Å². The number of nitrogens with one attached hydrogen (secondary N) is 1. The topological polar surface area (TPSA) is 32.3 Å². The molecule has 34 heavy (non-hydrogen) atoms. The average molecular weight is 465 g/mol. The van der Waals surface area contributed by atoms with Crippen LogP contribution in [0.2, 0.25) is 0 Å². The Kier molecular flexibility index (Phi) is 6.31. The lowest BCUT2D eigenvalue weighted by molar-refractivity contribution is 0.175. The normalized spacial score (nSPS) is 15.4. The van der Waals surface area contributed by atoms with E-state index in [-0.39, 0.29) is 6.04 Å². The monoisotopic (exact) mass is 464 g/mol. The fourth-order valence-corrected chi connectivity index (χ4v) is 5.27. The molecule has 0 spiro atoms. The number of urea groups is 1. The highest BCUT2D eigenvalue weighted by atomic mass is 19.1. The summed E-state index contributed by atoms with van der Waals surface area (Å²) in [6, 6.07) is 15.1. The second kappa shape index (κ2) is 9.53. The number of anilines is 1. The zero-order chi connectivity index (χ0) is 23.7. The highest BCUT2D eigenvalue weighted by molar-refractivity contribution is 5.90. The van der Waals surface area contributed by atoms with Crippen molar-refractivity contribution >= 4 is 11.7 Å². The SMILES string of the molecule is O=C(Nc1c(F)cc(F)cc1F)N(Cc1ccc2c(c1)Cc1ccccc1-2)C1CCCCCC1. The van der Waals surface area contributed by atoms with Crippen molar-refractivity contribution in [3.05, 3.63) is 88.7 Å². The molecular weight excluding hydrogens is 437 g/mol. The van der Waals surface area contributed by atoms with Crippen molar-refractivity contribution < 1.29 is 18.0 Å². The number of fused-ring (bicyclic) bond motifs is 3.